The van der Waals surface area contributed by atoms with E-state index in [2.05, 4.69) is 24.4 Å². The third-order valence-corrected chi connectivity index (χ3v) is 5.61. The highest BCUT2D eigenvalue weighted by Crippen LogP contribution is 2.39. The van der Waals surface area contributed by atoms with Gasteiger partial charge in [-0.25, -0.2) is 4.79 Å². The van der Waals surface area contributed by atoms with E-state index in [1.807, 2.05) is 51.7 Å². The van der Waals surface area contributed by atoms with Crippen LogP contribution >= 0.6 is 11.8 Å². The lowest BCUT2D eigenvalue weighted by atomic mass is 10.1. The summed E-state index contributed by atoms with van der Waals surface area (Å²) in [6, 6.07) is 8.18. The smallest absolute Gasteiger partial charge is 0.318 e. The number of amides is 3. The van der Waals surface area contributed by atoms with Crippen LogP contribution in [0.15, 0.2) is 24.3 Å². The zero-order valence-corrected chi connectivity index (χ0v) is 17.5. The zero-order valence-electron chi connectivity index (χ0n) is 16.7. The van der Waals surface area contributed by atoms with Crippen LogP contribution in [-0.2, 0) is 4.79 Å². The predicted octanol–water partition coefficient (Wildman–Crippen LogP) is 3.79. The fraction of sp³-hybridized carbons (Fsp3) is 0.600. The number of carbonyl (C=O) groups is 2. The van der Waals surface area contributed by atoms with Gasteiger partial charge < -0.3 is 15.1 Å². The van der Waals surface area contributed by atoms with Gasteiger partial charge in [0.1, 0.15) is 5.37 Å². The Morgan fingerprint density at radius 2 is 2.00 bits per heavy atom. The van der Waals surface area contributed by atoms with Crippen molar-refractivity contribution in [2.45, 2.75) is 58.5 Å². The Morgan fingerprint density at radius 1 is 1.35 bits per heavy atom. The van der Waals surface area contributed by atoms with E-state index in [1.165, 1.54) is 11.1 Å². The van der Waals surface area contributed by atoms with Gasteiger partial charge in [-0.05, 0) is 52.7 Å². The number of nitrogens with one attached hydrogen (secondary N) is 1. The number of benzene rings is 1. The molecule has 1 N–H and O–H groups in total. The number of urea groups is 1. The van der Waals surface area contributed by atoms with Crippen molar-refractivity contribution >= 4 is 23.7 Å². The molecular formula is C20H31N3O2S. The van der Waals surface area contributed by atoms with Gasteiger partial charge in [0, 0.05) is 24.7 Å². The fourth-order valence-electron chi connectivity index (χ4n) is 3.02. The molecule has 1 aliphatic rings. The summed E-state index contributed by atoms with van der Waals surface area (Å²) >= 11 is 1.66. The molecule has 0 radical (unpaired) electrons. The fourth-order valence-corrected chi connectivity index (χ4v) is 4.33. The molecule has 1 aromatic carbocycles. The SMILES string of the molecule is Cc1ccccc1[C@H]1SCC(=O)N1CCN(C(=O)NC(C)(C)C)C(C)C. The van der Waals surface area contributed by atoms with E-state index >= 15 is 0 Å². The van der Waals surface area contributed by atoms with Crippen LogP contribution in [0.5, 0.6) is 0 Å². The summed E-state index contributed by atoms with van der Waals surface area (Å²) in [6.07, 6.45) is 0. The Morgan fingerprint density at radius 3 is 2.58 bits per heavy atom. The topological polar surface area (TPSA) is 52.7 Å². The van der Waals surface area contributed by atoms with Crippen LogP contribution in [0.4, 0.5) is 4.79 Å². The van der Waals surface area contributed by atoms with Crippen molar-refractivity contribution in [1.29, 1.82) is 0 Å². The molecule has 1 fully saturated rings. The Balaban J connectivity index is 2.10. The summed E-state index contributed by atoms with van der Waals surface area (Å²) in [5, 5.41) is 3.05. The van der Waals surface area contributed by atoms with Gasteiger partial charge in [-0.15, -0.1) is 11.8 Å². The van der Waals surface area contributed by atoms with E-state index < -0.39 is 0 Å². The highest BCUT2D eigenvalue weighted by Gasteiger charge is 2.34. The Labute approximate surface area is 161 Å². The molecule has 2 rings (SSSR count). The molecule has 5 nitrogen and oxygen atoms in total. The van der Waals surface area contributed by atoms with Gasteiger partial charge in [-0.2, -0.15) is 0 Å². The summed E-state index contributed by atoms with van der Waals surface area (Å²) in [6.45, 7) is 13.1. The maximum Gasteiger partial charge on any atom is 0.318 e. The first kappa shape index (κ1) is 20.6. The highest BCUT2D eigenvalue weighted by atomic mass is 32.2. The number of carbonyl (C=O) groups excluding carboxylic acids is 2. The summed E-state index contributed by atoms with van der Waals surface area (Å²) < 4.78 is 0. The second-order valence-corrected chi connectivity index (χ2v) is 9.14. The first-order valence-electron chi connectivity index (χ1n) is 9.15. The quantitative estimate of drug-likeness (QED) is 0.849. The Bertz CT molecular complexity index is 655. The number of thioether (sulfide) groups is 1. The molecule has 6 heteroatoms. The number of nitrogens with zero attached hydrogens (tertiary/aromatic N) is 2. The van der Waals surface area contributed by atoms with Crippen molar-refractivity contribution in [3.8, 4) is 0 Å². The molecular weight excluding hydrogens is 346 g/mol. The molecule has 1 atom stereocenters. The summed E-state index contributed by atoms with van der Waals surface area (Å²) in [5.74, 6) is 0.637. The molecule has 0 saturated carbocycles. The van der Waals surface area contributed by atoms with Gasteiger partial charge in [-0.3, -0.25) is 4.79 Å². The minimum absolute atomic E-state index is 0.0309. The molecule has 0 spiro atoms. The third kappa shape index (κ3) is 5.16. The Hall–Kier alpha value is -1.69. The van der Waals surface area contributed by atoms with Gasteiger partial charge >= 0.3 is 6.03 Å². The minimum Gasteiger partial charge on any atom is -0.333 e. The van der Waals surface area contributed by atoms with E-state index in [0.717, 1.165) is 0 Å². The van der Waals surface area contributed by atoms with Crippen molar-refractivity contribution in [3.63, 3.8) is 0 Å². The maximum absolute atomic E-state index is 12.6. The van der Waals surface area contributed by atoms with Gasteiger partial charge in [0.25, 0.3) is 0 Å². The normalized spacial score (nSPS) is 17.7. The lowest BCUT2D eigenvalue weighted by molar-refractivity contribution is -0.128. The lowest BCUT2D eigenvalue weighted by Gasteiger charge is -2.33. The zero-order chi connectivity index (χ0) is 19.5. The predicted molar refractivity (Wildman–Crippen MR) is 108 cm³/mol. The van der Waals surface area contributed by atoms with Gasteiger partial charge in [-0.1, -0.05) is 24.3 Å². The number of rotatable bonds is 5. The van der Waals surface area contributed by atoms with Crippen LogP contribution in [0, 0.1) is 6.92 Å². The van der Waals surface area contributed by atoms with E-state index in [-0.39, 0.29) is 28.9 Å². The van der Waals surface area contributed by atoms with Gasteiger partial charge in [0.05, 0.1) is 5.75 Å². The van der Waals surface area contributed by atoms with Crippen molar-refractivity contribution in [2.75, 3.05) is 18.8 Å². The molecule has 144 valence electrons. The molecule has 1 aliphatic heterocycles. The van der Waals surface area contributed by atoms with Crippen LogP contribution in [-0.4, -0.2) is 52.2 Å². The molecule has 0 aliphatic carbocycles. The molecule has 1 heterocycles. The largest absolute Gasteiger partial charge is 0.333 e. The summed E-state index contributed by atoms with van der Waals surface area (Å²) in [5.41, 5.74) is 2.09. The van der Waals surface area contributed by atoms with Gasteiger partial charge in [0.15, 0.2) is 0 Å². The first-order valence-corrected chi connectivity index (χ1v) is 10.2. The van der Waals surface area contributed by atoms with E-state index in [1.54, 1.807) is 16.7 Å². The van der Waals surface area contributed by atoms with Crippen LogP contribution < -0.4 is 5.32 Å². The molecule has 1 aromatic rings. The second kappa shape index (κ2) is 8.33. The molecule has 0 unspecified atom stereocenters. The van der Waals surface area contributed by atoms with Crippen LogP contribution in [0.1, 0.15) is 51.1 Å². The summed E-state index contributed by atoms with van der Waals surface area (Å²) in [4.78, 5) is 28.7. The average Bonchev–Trinajstić information content (AvgIpc) is 2.87. The number of aryl methyl sites for hydroxylation is 1. The van der Waals surface area contributed by atoms with Crippen molar-refractivity contribution in [3.05, 3.63) is 35.4 Å². The van der Waals surface area contributed by atoms with Crippen LogP contribution in [0.25, 0.3) is 0 Å². The van der Waals surface area contributed by atoms with E-state index in [9.17, 15) is 9.59 Å². The molecule has 3 amide bonds. The molecule has 0 bridgehead atoms. The number of hydrogen-bond donors (Lipinski definition) is 1. The molecule has 1 saturated heterocycles. The van der Waals surface area contributed by atoms with Crippen molar-refractivity contribution < 1.29 is 9.59 Å². The lowest BCUT2D eigenvalue weighted by Crippen LogP contribution is -2.52. The average molecular weight is 378 g/mol. The minimum atomic E-state index is -0.284. The molecule has 0 aromatic heterocycles. The second-order valence-electron chi connectivity index (χ2n) is 8.07. The summed E-state index contributed by atoms with van der Waals surface area (Å²) in [7, 11) is 0. The third-order valence-electron chi connectivity index (χ3n) is 4.37. The Kier molecular flexibility index (Phi) is 6.61. The van der Waals surface area contributed by atoms with Crippen molar-refractivity contribution in [2.24, 2.45) is 0 Å². The van der Waals surface area contributed by atoms with Crippen LogP contribution in [0.2, 0.25) is 0 Å². The standard InChI is InChI=1S/C20H31N3O2S/c1-14(2)22(19(25)21-20(4,5)6)11-12-23-17(24)13-26-18(23)16-10-8-7-9-15(16)3/h7-10,14,18H,11-13H2,1-6H3,(H,21,25)/t18-/m1/s1. The van der Waals surface area contributed by atoms with E-state index in [4.69, 9.17) is 0 Å². The maximum atomic E-state index is 12.6. The van der Waals surface area contributed by atoms with Crippen molar-refractivity contribution in [1.82, 2.24) is 15.1 Å². The van der Waals surface area contributed by atoms with Crippen LogP contribution in [0.3, 0.4) is 0 Å². The highest BCUT2D eigenvalue weighted by molar-refractivity contribution is 8.00. The van der Waals surface area contributed by atoms with Gasteiger partial charge in [0.2, 0.25) is 5.91 Å². The van der Waals surface area contributed by atoms with E-state index in [0.29, 0.717) is 18.8 Å². The monoisotopic (exact) mass is 377 g/mol. The molecule has 26 heavy (non-hydrogen) atoms. The first-order chi connectivity index (χ1) is 12.1. The number of hydrogen-bond acceptors (Lipinski definition) is 3.